The summed E-state index contributed by atoms with van der Waals surface area (Å²) in [6.45, 7) is 0.163. The molecule has 0 saturated heterocycles. The van der Waals surface area contributed by atoms with E-state index in [1.54, 1.807) is 12.1 Å². The van der Waals surface area contributed by atoms with Crippen LogP contribution in [0.2, 0.25) is 5.15 Å². The van der Waals surface area contributed by atoms with Gasteiger partial charge in [-0.1, -0.05) is 23.7 Å². The molecular weight excluding hydrogens is 298 g/mol. The number of aromatic nitrogens is 1. The Morgan fingerprint density at radius 1 is 1.38 bits per heavy atom. The molecule has 2 aromatic rings. The minimum Gasteiger partial charge on any atom is -0.508 e. The maximum Gasteiger partial charge on any atom is 0.300 e. The number of rotatable bonds is 4. The zero-order chi connectivity index (χ0) is 15.4. The molecule has 1 amide bonds. The molecule has 2 rings (SSSR count). The molecule has 1 heterocycles. The van der Waals surface area contributed by atoms with Crippen molar-refractivity contribution in [3.8, 4) is 5.75 Å². The molecule has 0 aliphatic carbocycles. The number of hydrogen-bond acceptors (Lipinski definition) is 5. The second-order valence-corrected chi connectivity index (χ2v) is 4.52. The summed E-state index contributed by atoms with van der Waals surface area (Å²) in [5.74, 6) is -0.513. The Hall–Kier alpha value is -2.67. The first kappa shape index (κ1) is 14.7. The molecule has 0 bridgehead atoms. The van der Waals surface area contributed by atoms with Gasteiger partial charge in [0.1, 0.15) is 22.7 Å². The Morgan fingerprint density at radius 3 is 2.67 bits per heavy atom. The van der Waals surface area contributed by atoms with Crippen LogP contribution in [0.1, 0.15) is 15.9 Å². The Morgan fingerprint density at radius 2 is 2.05 bits per heavy atom. The molecule has 2 N–H and O–H groups in total. The highest BCUT2D eigenvalue weighted by molar-refractivity contribution is 6.29. The largest absolute Gasteiger partial charge is 0.508 e. The topological polar surface area (TPSA) is 105 Å². The third-order valence-electron chi connectivity index (χ3n) is 2.68. The van der Waals surface area contributed by atoms with Crippen molar-refractivity contribution in [3.05, 3.63) is 62.9 Å². The Balaban J connectivity index is 2.15. The van der Waals surface area contributed by atoms with Crippen molar-refractivity contribution in [2.75, 3.05) is 0 Å². The number of benzene rings is 1. The van der Waals surface area contributed by atoms with E-state index in [4.69, 9.17) is 16.7 Å². The number of pyridine rings is 1. The fourth-order valence-electron chi connectivity index (χ4n) is 1.64. The van der Waals surface area contributed by atoms with Crippen molar-refractivity contribution in [1.29, 1.82) is 0 Å². The molecule has 21 heavy (non-hydrogen) atoms. The fraction of sp³-hybridized carbons (Fsp3) is 0.0769. The van der Waals surface area contributed by atoms with E-state index in [0.29, 0.717) is 0 Å². The molecule has 0 aliphatic rings. The summed E-state index contributed by atoms with van der Waals surface area (Å²) < 4.78 is 0. The quantitative estimate of drug-likeness (QED) is 0.512. The van der Waals surface area contributed by atoms with Gasteiger partial charge >= 0.3 is 0 Å². The lowest BCUT2D eigenvalue weighted by Crippen LogP contribution is -2.23. The van der Waals surface area contributed by atoms with Crippen LogP contribution in [0.4, 0.5) is 5.69 Å². The number of phenolic OH excluding ortho intramolecular Hbond substituents is 1. The maximum atomic E-state index is 12.0. The van der Waals surface area contributed by atoms with E-state index in [1.807, 2.05) is 0 Å². The molecule has 0 spiro atoms. The highest BCUT2D eigenvalue weighted by atomic mass is 35.5. The van der Waals surface area contributed by atoms with Gasteiger partial charge in [-0.3, -0.25) is 14.9 Å². The van der Waals surface area contributed by atoms with Crippen LogP contribution in [0.25, 0.3) is 0 Å². The van der Waals surface area contributed by atoms with Crippen LogP contribution in [-0.4, -0.2) is 20.9 Å². The molecule has 0 fully saturated rings. The van der Waals surface area contributed by atoms with Crippen molar-refractivity contribution >= 4 is 23.2 Å². The molecule has 0 unspecified atom stereocenters. The van der Waals surface area contributed by atoms with E-state index >= 15 is 0 Å². The number of nitro groups is 1. The van der Waals surface area contributed by atoms with E-state index < -0.39 is 16.5 Å². The Labute approximate surface area is 124 Å². The predicted molar refractivity (Wildman–Crippen MR) is 75.2 cm³/mol. The highest BCUT2D eigenvalue weighted by Gasteiger charge is 2.21. The van der Waals surface area contributed by atoms with Crippen LogP contribution >= 0.6 is 11.6 Å². The third kappa shape index (κ3) is 3.67. The van der Waals surface area contributed by atoms with E-state index in [-0.39, 0.29) is 23.0 Å². The first-order valence-electron chi connectivity index (χ1n) is 5.83. The molecule has 0 aliphatic heterocycles. The van der Waals surface area contributed by atoms with Gasteiger partial charge in [-0.25, -0.2) is 4.98 Å². The molecule has 0 atom stereocenters. The van der Waals surface area contributed by atoms with Gasteiger partial charge in [0.05, 0.1) is 4.92 Å². The molecular formula is C13H10ClN3O4. The Bertz CT molecular complexity index is 688. The summed E-state index contributed by atoms with van der Waals surface area (Å²) in [7, 11) is 0. The Kier molecular flexibility index (Phi) is 4.34. The lowest BCUT2D eigenvalue weighted by atomic mass is 10.2. The number of carbonyl (C=O) groups is 1. The molecule has 1 aromatic heterocycles. The van der Waals surface area contributed by atoms with Crippen molar-refractivity contribution < 1.29 is 14.8 Å². The number of phenols is 1. The van der Waals surface area contributed by atoms with Crippen molar-refractivity contribution in [2.24, 2.45) is 0 Å². The predicted octanol–water partition coefficient (Wildman–Crippen LogP) is 2.28. The van der Waals surface area contributed by atoms with Gasteiger partial charge in [0.15, 0.2) is 0 Å². The number of hydrogen-bond donors (Lipinski definition) is 2. The van der Waals surface area contributed by atoms with Crippen LogP contribution in [0, 0.1) is 10.1 Å². The summed E-state index contributed by atoms with van der Waals surface area (Å²) >= 11 is 5.66. The zero-order valence-electron chi connectivity index (χ0n) is 10.6. The normalized spacial score (nSPS) is 10.1. The molecule has 8 heteroatoms. The summed E-state index contributed by atoms with van der Waals surface area (Å²) in [6, 6.07) is 7.36. The van der Waals surface area contributed by atoms with E-state index in [0.717, 1.165) is 17.8 Å². The first-order valence-corrected chi connectivity index (χ1v) is 6.21. The fourth-order valence-corrected chi connectivity index (χ4v) is 1.80. The summed E-state index contributed by atoms with van der Waals surface area (Å²) in [5.41, 5.74) is 0.172. The summed E-state index contributed by atoms with van der Waals surface area (Å²) in [6.07, 6.45) is 0.942. The average Bonchev–Trinajstić information content (AvgIpc) is 2.46. The number of carbonyl (C=O) groups excluding carboxylic acids is 1. The number of halogens is 1. The number of aromatic hydroxyl groups is 1. The SMILES string of the molecule is O=C(NCc1ccc(O)cc1)c1cc(Cl)ncc1[N+](=O)[O-]. The van der Waals surface area contributed by atoms with E-state index in [1.165, 1.54) is 12.1 Å². The molecule has 108 valence electrons. The van der Waals surface area contributed by atoms with E-state index in [2.05, 4.69) is 10.3 Å². The van der Waals surface area contributed by atoms with Gasteiger partial charge in [-0.05, 0) is 23.8 Å². The smallest absolute Gasteiger partial charge is 0.300 e. The van der Waals surface area contributed by atoms with Crippen molar-refractivity contribution in [3.63, 3.8) is 0 Å². The average molecular weight is 308 g/mol. The molecule has 7 nitrogen and oxygen atoms in total. The second-order valence-electron chi connectivity index (χ2n) is 4.13. The third-order valence-corrected chi connectivity index (χ3v) is 2.89. The highest BCUT2D eigenvalue weighted by Crippen LogP contribution is 2.20. The molecule has 1 aromatic carbocycles. The van der Waals surface area contributed by atoms with E-state index in [9.17, 15) is 14.9 Å². The van der Waals surface area contributed by atoms with Gasteiger partial charge < -0.3 is 10.4 Å². The van der Waals surface area contributed by atoms with Crippen LogP contribution in [0.3, 0.4) is 0 Å². The van der Waals surface area contributed by atoms with Crippen LogP contribution in [0.15, 0.2) is 36.5 Å². The first-order chi connectivity index (χ1) is 9.97. The lowest BCUT2D eigenvalue weighted by molar-refractivity contribution is -0.385. The van der Waals surface area contributed by atoms with Gasteiger partial charge in [0, 0.05) is 6.54 Å². The van der Waals surface area contributed by atoms with Gasteiger partial charge in [0.2, 0.25) is 0 Å². The van der Waals surface area contributed by atoms with Crippen molar-refractivity contribution in [1.82, 2.24) is 10.3 Å². The molecule has 0 saturated carbocycles. The monoisotopic (exact) mass is 307 g/mol. The second kappa shape index (κ2) is 6.19. The summed E-state index contributed by atoms with van der Waals surface area (Å²) in [5, 5.41) is 22.6. The van der Waals surface area contributed by atoms with Crippen LogP contribution in [0.5, 0.6) is 5.75 Å². The van der Waals surface area contributed by atoms with Gasteiger partial charge in [-0.15, -0.1) is 0 Å². The maximum absolute atomic E-state index is 12.0. The number of amides is 1. The van der Waals surface area contributed by atoms with Gasteiger partial charge in [0.25, 0.3) is 11.6 Å². The van der Waals surface area contributed by atoms with Crippen molar-refractivity contribution in [2.45, 2.75) is 6.54 Å². The lowest BCUT2D eigenvalue weighted by Gasteiger charge is -2.06. The molecule has 0 radical (unpaired) electrons. The number of nitrogens with zero attached hydrogens (tertiary/aromatic N) is 2. The van der Waals surface area contributed by atoms with Gasteiger partial charge in [-0.2, -0.15) is 0 Å². The number of nitrogens with one attached hydrogen (secondary N) is 1. The van der Waals surface area contributed by atoms with Crippen LogP contribution in [-0.2, 0) is 6.54 Å². The standard InChI is InChI=1S/C13H10ClN3O4/c14-12-5-10(11(7-15-12)17(20)21)13(19)16-6-8-1-3-9(18)4-2-8/h1-5,7,18H,6H2,(H,16,19). The minimum atomic E-state index is -0.696. The summed E-state index contributed by atoms with van der Waals surface area (Å²) in [4.78, 5) is 25.8. The van der Waals surface area contributed by atoms with Crippen LogP contribution < -0.4 is 5.32 Å². The minimum absolute atomic E-state index is 0.00427. The zero-order valence-corrected chi connectivity index (χ0v) is 11.4.